The van der Waals surface area contributed by atoms with Gasteiger partial charge in [0.2, 0.25) is 0 Å². The second kappa shape index (κ2) is 7.16. The summed E-state index contributed by atoms with van der Waals surface area (Å²) < 4.78 is 28.0. The Labute approximate surface area is 144 Å². The van der Waals surface area contributed by atoms with Crippen molar-refractivity contribution in [3.63, 3.8) is 0 Å². The van der Waals surface area contributed by atoms with Crippen molar-refractivity contribution in [3.8, 4) is 6.07 Å². The molecule has 1 saturated heterocycles. The minimum absolute atomic E-state index is 0.303. The Morgan fingerprint density at radius 2 is 1.79 bits per heavy atom. The highest BCUT2D eigenvalue weighted by Crippen LogP contribution is 2.24. The molecule has 3 nitrogen and oxygen atoms in total. The van der Waals surface area contributed by atoms with Crippen molar-refractivity contribution in [1.82, 2.24) is 4.90 Å². The van der Waals surface area contributed by atoms with Gasteiger partial charge in [-0.25, -0.2) is 8.78 Å². The first-order chi connectivity index (χ1) is 11.6. The fourth-order valence-electron chi connectivity index (χ4n) is 2.89. The summed E-state index contributed by atoms with van der Waals surface area (Å²) >= 11 is 6.07. The van der Waals surface area contributed by atoms with Crippen LogP contribution in [-0.2, 0) is 6.54 Å². The van der Waals surface area contributed by atoms with Crippen LogP contribution in [0.15, 0.2) is 36.4 Å². The number of nitrogens with zero attached hydrogens (tertiary/aromatic N) is 3. The predicted molar refractivity (Wildman–Crippen MR) is 90.0 cm³/mol. The number of rotatable bonds is 3. The molecule has 0 amide bonds. The molecule has 0 spiro atoms. The fourth-order valence-corrected chi connectivity index (χ4v) is 3.11. The molecule has 2 aromatic rings. The number of piperazine rings is 1. The lowest BCUT2D eigenvalue weighted by molar-refractivity contribution is 0.246. The number of hydrogen-bond donors (Lipinski definition) is 0. The zero-order valence-corrected chi connectivity index (χ0v) is 13.7. The van der Waals surface area contributed by atoms with E-state index in [1.165, 1.54) is 12.1 Å². The van der Waals surface area contributed by atoms with Gasteiger partial charge in [0.25, 0.3) is 0 Å². The summed E-state index contributed by atoms with van der Waals surface area (Å²) in [6.45, 7) is 3.08. The number of nitriles is 1. The van der Waals surface area contributed by atoms with Gasteiger partial charge in [0.1, 0.15) is 11.6 Å². The average molecular weight is 348 g/mol. The van der Waals surface area contributed by atoms with E-state index in [-0.39, 0.29) is 11.6 Å². The highest BCUT2D eigenvalue weighted by molar-refractivity contribution is 6.31. The van der Waals surface area contributed by atoms with Crippen LogP contribution in [-0.4, -0.2) is 31.1 Å². The first-order valence-electron chi connectivity index (χ1n) is 7.68. The lowest BCUT2D eigenvalue weighted by Gasteiger charge is -2.36. The van der Waals surface area contributed by atoms with Crippen molar-refractivity contribution in [3.05, 3.63) is 64.2 Å². The summed E-state index contributed by atoms with van der Waals surface area (Å²) in [5.41, 5.74) is 1.30. The standard InChI is InChI=1S/C18H16ClF2N3/c19-15-2-1-3-16(20)14(15)12-23-6-8-24(9-7-23)18-5-4-13(11-22)10-17(18)21/h1-5,10H,6-9,12H2. The van der Waals surface area contributed by atoms with Crippen LogP contribution in [0.5, 0.6) is 0 Å². The number of hydrogen-bond acceptors (Lipinski definition) is 3. The van der Waals surface area contributed by atoms with Gasteiger partial charge < -0.3 is 4.90 Å². The van der Waals surface area contributed by atoms with Crippen LogP contribution in [0.25, 0.3) is 0 Å². The summed E-state index contributed by atoms with van der Waals surface area (Å²) in [7, 11) is 0. The van der Waals surface area contributed by atoms with E-state index in [1.807, 2.05) is 11.0 Å². The zero-order valence-electron chi connectivity index (χ0n) is 13.0. The Morgan fingerprint density at radius 3 is 2.42 bits per heavy atom. The molecule has 0 aromatic heterocycles. The summed E-state index contributed by atoms with van der Waals surface area (Å²) in [6.07, 6.45) is 0. The van der Waals surface area contributed by atoms with Crippen molar-refractivity contribution < 1.29 is 8.78 Å². The maximum atomic E-state index is 14.1. The molecule has 0 saturated carbocycles. The van der Waals surface area contributed by atoms with Crippen LogP contribution >= 0.6 is 11.6 Å². The van der Waals surface area contributed by atoms with E-state index < -0.39 is 0 Å². The van der Waals surface area contributed by atoms with E-state index in [1.54, 1.807) is 24.3 Å². The molecule has 0 unspecified atom stereocenters. The van der Waals surface area contributed by atoms with Gasteiger partial charge in [0.05, 0.1) is 17.3 Å². The van der Waals surface area contributed by atoms with Crippen molar-refractivity contribution in [2.24, 2.45) is 0 Å². The van der Waals surface area contributed by atoms with Crippen LogP contribution in [0.2, 0.25) is 5.02 Å². The van der Waals surface area contributed by atoms with Gasteiger partial charge in [0, 0.05) is 43.3 Å². The molecule has 3 rings (SSSR count). The first-order valence-corrected chi connectivity index (χ1v) is 8.06. The van der Waals surface area contributed by atoms with Gasteiger partial charge in [-0.2, -0.15) is 5.26 Å². The van der Waals surface area contributed by atoms with Gasteiger partial charge in [-0.1, -0.05) is 17.7 Å². The molecule has 124 valence electrons. The molecular formula is C18H16ClF2N3. The minimum atomic E-state index is -0.389. The first kappa shape index (κ1) is 16.7. The lowest BCUT2D eigenvalue weighted by atomic mass is 10.1. The Bertz CT molecular complexity index is 760. The van der Waals surface area contributed by atoms with Crippen molar-refractivity contribution >= 4 is 17.3 Å². The molecule has 1 fully saturated rings. The largest absolute Gasteiger partial charge is 0.367 e. The van der Waals surface area contributed by atoms with Crippen LogP contribution in [0.3, 0.4) is 0 Å². The Hall–Kier alpha value is -2.16. The van der Waals surface area contributed by atoms with Crippen molar-refractivity contribution in [2.75, 3.05) is 31.1 Å². The van der Waals surface area contributed by atoms with Crippen molar-refractivity contribution in [2.45, 2.75) is 6.54 Å². The lowest BCUT2D eigenvalue weighted by Crippen LogP contribution is -2.46. The van der Waals surface area contributed by atoms with Gasteiger partial charge in [-0.15, -0.1) is 0 Å². The maximum absolute atomic E-state index is 14.1. The third-order valence-corrected chi connectivity index (χ3v) is 4.59. The molecule has 1 aliphatic rings. The maximum Gasteiger partial charge on any atom is 0.147 e. The normalized spacial score (nSPS) is 15.3. The quantitative estimate of drug-likeness (QED) is 0.845. The molecule has 24 heavy (non-hydrogen) atoms. The summed E-state index contributed by atoms with van der Waals surface area (Å²) in [4.78, 5) is 4.04. The smallest absolute Gasteiger partial charge is 0.147 e. The van der Waals surface area contributed by atoms with Gasteiger partial charge in [-0.05, 0) is 30.3 Å². The van der Waals surface area contributed by atoms with E-state index in [9.17, 15) is 8.78 Å². The van der Waals surface area contributed by atoms with E-state index in [0.29, 0.717) is 54.6 Å². The summed E-state index contributed by atoms with van der Waals surface area (Å²) in [6, 6.07) is 11.1. The predicted octanol–water partition coefficient (Wildman–Crippen LogP) is 3.81. The third-order valence-electron chi connectivity index (χ3n) is 4.23. The number of benzene rings is 2. The Kier molecular flexibility index (Phi) is 4.98. The molecule has 0 aliphatic carbocycles. The molecule has 0 radical (unpaired) electrons. The number of halogens is 3. The highest BCUT2D eigenvalue weighted by Gasteiger charge is 2.21. The molecular weight excluding hydrogens is 332 g/mol. The molecule has 0 N–H and O–H groups in total. The third kappa shape index (κ3) is 3.50. The van der Waals surface area contributed by atoms with E-state index in [2.05, 4.69) is 4.90 Å². The summed E-state index contributed by atoms with van der Waals surface area (Å²) in [5.74, 6) is -0.692. The van der Waals surface area contributed by atoms with Crippen LogP contribution < -0.4 is 4.90 Å². The monoisotopic (exact) mass is 347 g/mol. The van der Waals surface area contributed by atoms with Crippen molar-refractivity contribution in [1.29, 1.82) is 5.26 Å². The van der Waals surface area contributed by atoms with Crippen LogP contribution in [0.4, 0.5) is 14.5 Å². The highest BCUT2D eigenvalue weighted by atomic mass is 35.5. The minimum Gasteiger partial charge on any atom is -0.367 e. The van der Waals surface area contributed by atoms with Crippen LogP contribution in [0, 0.1) is 23.0 Å². The molecule has 1 aliphatic heterocycles. The summed E-state index contributed by atoms with van der Waals surface area (Å²) in [5, 5.41) is 9.23. The topological polar surface area (TPSA) is 30.3 Å². The molecule has 0 atom stereocenters. The molecule has 1 heterocycles. The molecule has 0 bridgehead atoms. The second-order valence-electron chi connectivity index (χ2n) is 5.74. The van der Waals surface area contributed by atoms with Gasteiger partial charge in [0.15, 0.2) is 0 Å². The SMILES string of the molecule is N#Cc1ccc(N2CCN(Cc3c(F)cccc3Cl)CC2)c(F)c1. The van der Waals surface area contributed by atoms with Gasteiger partial charge in [-0.3, -0.25) is 4.90 Å². The number of anilines is 1. The fraction of sp³-hybridized carbons (Fsp3) is 0.278. The second-order valence-corrected chi connectivity index (χ2v) is 6.15. The van der Waals surface area contributed by atoms with E-state index in [0.717, 1.165) is 0 Å². The van der Waals surface area contributed by atoms with E-state index in [4.69, 9.17) is 16.9 Å². The molecule has 2 aromatic carbocycles. The Balaban J connectivity index is 1.65. The van der Waals surface area contributed by atoms with Crippen LogP contribution in [0.1, 0.15) is 11.1 Å². The Morgan fingerprint density at radius 1 is 1.04 bits per heavy atom. The molecule has 6 heteroatoms. The van der Waals surface area contributed by atoms with E-state index >= 15 is 0 Å². The zero-order chi connectivity index (χ0) is 17.1. The average Bonchev–Trinajstić information content (AvgIpc) is 2.59. The van der Waals surface area contributed by atoms with Gasteiger partial charge >= 0.3 is 0 Å².